The predicted octanol–water partition coefficient (Wildman–Crippen LogP) is 0.812. The molecule has 1 heterocycles. The number of nitrogens with one attached hydrogen (secondary N) is 1. The van der Waals surface area contributed by atoms with Gasteiger partial charge in [-0.3, -0.25) is 9.40 Å². The van der Waals surface area contributed by atoms with Crippen LogP contribution in [0, 0.1) is 0 Å². The number of hydrogen-bond donors (Lipinski definition) is 2. The molecule has 1 aromatic heterocycles. The number of aryl methyl sites for hydroxylation is 1. The molecule has 7 nitrogen and oxygen atoms in total. The summed E-state index contributed by atoms with van der Waals surface area (Å²) in [7, 11) is -0.737. The molecule has 8 heteroatoms. The van der Waals surface area contributed by atoms with Crippen LogP contribution in [0.4, 0.5) is 11.4 Å². The molecular formula is C11H14N4O3S. The van der Waals surface area contributed by atoms with E-state index in [0.717, 1.165) is 0 Å². The van der Waals surface area contributed by atoms with E-state index in [9.17, 15) is 8.42 Å². The Labute approximate surface area is 111 Å². The van der Waals surface area contributed by atoms with Gasteiger partial charge in [-0.15, -0.1) is 0 Å². The van der Waals surface area contributed by atoms with E-state index in [1.165, 1.54) is 30.1 Å². The zero-order valence-corrected chi connectivity index (χ0v) is 11.3. The van der Waals surface area contributed by atoms with Gasteiger partial charge in [0.25, 0.3) is 10.0 Å². The Morgan fingerprint density at radius 3 is 2.68 bits per heavy atom. The highest BCUT2D eigenvalue weighted by Gasteiger charge is 2.19. The van der Waals surface area contributed by atoms with Crippen LogP contribution in [-0.2, 0) is 17.1 Å². The van der Waals surface area contributed by atoms with Crippen molar-refractivity contribution >= 4 is 21.4 Å². The summed E-state index contributed by atoms with van der Waals surface area (Å²) < 4.78 is 33.2. The number of anilines is 2. The van der Waals surface area contributed by atoms with Crippen LogP contribution in [0.2, 0.25) is 0 Å². The van der Waals surface area contributed by atoms with Gasteiger partial charge in [-0.1, -0.05) is 0 Å². The van der Waals surface area contributed by atoms with Crippen molar-refractivity contribution in [3.05, 3.63) is 30.5 Å². The van der Waals surface area contributed by atoms with E-state index in [0.29, 0.717) is 11.4 Å². The first kappa shape index (κ1) is 13.2. The lowest BCUT2D eigenvalue weighted by molar-refractivity contribution is 0.417. The summed E-state index contributed by atoms with van der Waals surface area (Å²) in [5.74, 6) is 0.389. The molecule has 0 aliphatic heterocycles. The normalized spacial score (nSPS) is 11.3. The third-order valence-corrected chi connectivity index (χ3v) is 3.96. The first-order valence-corrected chi connectivity index (χ1v) is 6.86. The molecule has 1 aromatic carbocycles. The summed E-state index contributed by atoms with van der Waals surface area (Å²) in [6.07, 6.45) is 1.41. The largest absolute Gasteiger partial charge is 0.495 e. The number of nitrogens with zero attached hydrogens (tertiary/aromatic N) is 2. The van der Waals surface area contributed by atoms with Crippen molar-refractivity contribution in [3.63, 3.8) is 0 Å². The van der Waals surface area contributed by atoms with Crippen LogP contribution in [0.3, 0.4) is 0 Å². The second-order valence-electron chi connectivity index (χ2n) is 3.86. The smallest absolute Gasteiger partial charge is 0.279 e. The molecule has 0 aliphatic rings. The maximum Gasteiger partial charge on any atom is 0.279 e. The minimum Gasteiger partial charge on any atom is -0.495 e. The Morgan fingerprint density at radius 2 is 2.11 bits per heavy atom. The fourth-order valence-electron chi connectivity index (χ4n) is 1.63. The van der Waals surface area contributed by atoms with Gasteiger partial charge in [-0.05, 0) is 24.3 Å². The maximum atomic E-state index is 12.2. The van der Waals surface area contributed by atoms with E-state index in [2.05, 4.69) is 9.82 Å². The average Bonchev–Trinajstić information content (AvgIpc) is 2.76. The third-order valence-electron chi connectivity index (χ3n) is 2.52. The molecule has 0 saturated carbocycles. The standard InChI is InChI=1S/C11H14N4O3S/c1-15-11(5-6-13-15)19(16,17)14-9-7-8(12)3-4-10(9)18-2/h3-7,14H,12H2,1-2H3. The van der Waals surface area contributed by atoms with Gasteiger partial charge in [0.1, 0.15) is 5.75 Å². The third kappa shape index (κ3) is 2.63. The van der Waals surface area contributed by atoms with E-state index in [1.54, 1.807) is 19.2 Å². The van der Waals surface area contributed by atoms with Crippen LogP contribution in [0.1, 0.15) is 0 Å². The molecule has 2 aromatic rings. The molecule has 0 aliphatic carbocycles. The number of sulfonamides is 1. The van der Waals surface area contributed by atoms with E-state index in [1.807, 2.05) is 0 Å². The van der Waals surface area contributed by atoms with E-state index >= 15 is 0 Å². The fourth-order valence-corrected chi connectivity index (χ4v) is 2.82. The molecule has 2 rings (SSSR count). The van der Waals surface area contributed by atoms with Gasteiger partial charge in [0, 0.05) is 12.7 Å². The average molecular weight is 282 g/mol. The van der Waals surface area contributed by atoms with Crippen molar-refractivity contribution < 1.29 is 13.2 Å². The maximum absolute atomic E-state index is 12.2. The highest BCUT2D eigenvalue weighted by Crippen LogP contribution is 2.28. The van der Waals surface area contributed by atoms with Gasteiger partial charge in [0.2, 0.25) is 0 Å². The lowest BCUT2D eigenvalue weighted by atomic mass is 10.2. The molecule has 19 heavy (non-hydrogen) atoms. The van der Waals surface area contributed by atoms with Gasteiger partial charge in [-0.25, -0.2) is 0 Å². The summed E-state index contributed by atoms with van der Waals surface area (Å²) in [5, 5.41) is 3.88. The zero-order chi connectivity index (χ0) is 14.0. The lowest BCUT2D eigenvalue weighted by Crippen LogP contribution is -2.17. The Balaban J connectivity index is 2.41. The SMILES string of the molecule is COc1ccc(N)cc1NS(=O)(=O)c1ccnn1C. The fraction of sp³-hybridized carbons (Fsp3) is 0.182. The van der Waals surface area contributed by atoms with Gasteiger partial charge in [-0.2, -0.15) is 13.5 Å². The van der Waals surface area contributed by atoms with Crippen molar-refractivity contribution in [1.29, 1.82) is 0 Å². The Hall–Kier alpha value is -2.22. The number of nitrogen functional groups attached to an aromatic ring is 1. The number of methoxy groups -OCH3 is 1. The lowest BCUT2D eigenvalue weighted by Gasteiger charge is -2.12. The number of aromatic nitrogens is 2. The summed E-state index contributed by atoms with van der Waals surface area (Å²) in [4.78, 5) is 0. The Morgan fingerprint density at radius 1 is 1.37 bits per heavy atom. The van der Waals surface area contributed by atoms with Crippen LogP contribution >= 0.6 is 0 Å². The summed E-state index contributed by atoms with van der Waals surface area (Å²) >= 11 is 0. The molecule has 102 valence electrons. The van der Waals surface area contributed by atoms with Gasteiger partial charge in [0.05, 0.1) is 19.0 Å². The second kappa shape index (κ2) is 4.81. The van der Waals surface area contributed by atoms with Crippen LogP contribution in [0.15, 0.2) is 35.5 Å². The summed E-state index contributed by atoms with van der Waals surface area (Å²) in [5.41, 5.74) is 6.36. The molecule has 0 spiro atoms. The van der Waals surface area contributed by atoms with E-state index < -0.39 is 10.0 Å². The van der Waals surface area contributed by atoms with Crippen LogP contribution in [0.5, 0.6) is 5.75 Å². The van der Waals surface area contributed by atoms with Crippen molar-refractivity contribution in [2.45, 2.75) is 5.03 Å². The molecule has 0 radical (unpaired) electrons. The highest BCUT2D eigenvalue weighted by atomic mass is 32.2. The number of benzene rings is 1. The first-order valence-electron chi connectivity index (χ1n) is 5.38. The van der Waals surface area contributed by atoms with Crippen LogP contribution in [0.25, 0.3) is 0 Å². The number of hydrogen-bond acceptors (Lipinski definition) is 5. The number of ether oxygens (including phenoxy) is 1. The molecule has 0 saturated heterocycles. The molecule has 0 amide bonds. The molecular weight excluding hydrogens is 268 g/mol. The van der Waals surface area contributed by atoms with E-state index in [4.69, 9.17) is 10.5 Å². The molecule has 3 N–H and O–H groups in total. The zero-order valence-electron chi connectivity index (χ0n) is 10.5. The van der Waals surface area contributed by atoms with Crippen molar-refractivity contribution in [2.24, 2.45) is 7.05 Å². The topological polar surface area (TPSA) is 99.2 Å². The second-order valence-corrected chi connectivity index (χ2v) is 5.49. The number of rotatable bonds is 4. The van der Waals surface area contributed by atoms with Crippen molar-refractivity contribution in [3.8, 4) is 5.75 Å². The van der Waals surface area contributed by atoms with Gasteiger partial charge >= 0.3 is 0 Å². The highest BCUT2D eigenvalue weighted by molar-refractivity contribution is 7.92. The van der Waals surface area contributed by atoms with Gasteiger partial charge < -0.3 is 10.5 Å². The molecule has 0 fully saturated rings. The monoisotopic (exact) mass is 282 g/mol. The van der Waals surface area contributed by atoms with Gasteiger partial charge in [0.15, 0.2) is 5.03 Å². The first-order chi connectivity index (χ1) is 8.94. The molecule has 0 unspecified atom stereocenters. The molecule has 0 atom stereocenters. The number of nitrogens with two attached hydrogens (primary N) is 1. The molecule has 0 bridgehead atoms. The van der Waals surface area contributed by atoms with E-state index in [-0.39, 0.29) is 10.7 Å². The van der Waals surface area contributed by atoms with Crippen LogP contribution in [-0.4, -0.2) is 25.3 Å². The minimum absolute atomic E-state index is 0.0528. The predicted molar refractivity (Wildman–Crippen MR) is 71.4 cm³/mol. The summed E-state index contributed by atoms with van der Waals surface area (Å²) in [6, 6.07) is 6.12. The van der Waals surface area contributed by atoms with Crippen LogP contribution < -0.4 is 15.2 Å². The summed E-state index contributed by atoms with van der Waals surface area (Å²) in [6.45, 7) is 0. The van der Waals surface area contributed by atoms with Crippen molar-refractivity contribution in [1.82, 2.24) is 9.78 Å². The Kier molecular flexibility index (Phi) is 3.34. The Bertz CT molecular complexity index is 694. The minimum atomic E-state index is -3.74. The van der Waals surface area contributed by atoms with Crippen molar-refractivity contribution in [2.75, 3.05) is 17.6 Å². The quantitative estimate of drug-likeness (QED) is 0.808.